The van der Waals surface area contributed by atoms with Gasteiger partial charge in [0.15, 0.2) is 0 Å². The molecule has 0 aromatic carbocycles. The fourth-order valence-electron chi connectivity index (χ4n) is 3.85. The summed E-state index contributed by atoms with van der Waals surface area (Å²) < 4.78 is 5.68. The molecule has 4 rings (SSSR count). The summed E-state index contributed by atoms with van der Waals surface area (Å²) in [7, 11) is 0. The van der Waals surface area contributed by atoms with Gasteiger partial charge in [-0.1, -0.05) is 12.5 Å². The number of ether oxygens (including phenoxy) is 1. The summed E-state index contributed by atoms with van der Waals surface area (Å²) in [5.74, 6) is 0.930. The second kappa shape index (κ2) is 5.97. The first-order chi connectivity index (χ1) is 10.8. The number of likely N-dealkylation sites (tertiary alicyclic amines) is 1. The molecule has 1 aromatic rings. The first-order valence-electron chi connectivity index (χ1n) is 8.33. The molecule has 118 valence electrons. The Balaban J connectivity index is 1.42. The summed E-state index contributed by atoms with van der Waals surface area (Å²) in [6.45, 7) is 3.28. The van der Waals surface area contributed by atoms with Crippen molar-refractivity contribution >= 4 is 5.91 Å². The van der Waals surface area contributed by atoms with Crippen molar-refractivity contribution in [3.8, 4) is 0 Å². The van der Waals surface area contributed by atoms with Crippen LogP contribution in [0.2, 0.25) is 0 Å². The summed E-state index contributed by atoms with van der Waals surface area (Å²) in [6, 6.07) is 6.66. The number of nitrogens with one attached hydrogen (secondary N) is 1. The van der Waals surface area contributed by atoms with Crippen LogP contribution in [-0.4, -0.2) is 47.6 Å². The minimum absolute atomic E-state index is 0.226. The highest BCUT2D eigenvalue weighted by Crippen LogP contribution is 2.32. The van der Waals surface area contributed by atoms with E-state index in [-0.39, 0.29) is 17.9 Å². The molecule has 3 fully saturated rings. The van der Waals surface area contributed by atoms with Gasteiger partial charge in [0, 0.05) is 43.2 Å². The van der Waals surface area contributed by atoms with Crippen LogP contribution >= 0.6 is 0 Å². The van der Waals surface area contributed by atoms with Crippen LogP contribution < -0.4 is 5.32 Å². The topological polar surface area (TPSA) is 54.5 Å². The van der Waals surface area contributed by atoms with Gasteiger partial charge in [0.2, 0.25) is 5.91 Å². The molecule has 0 spiro atoms. The van der Waals surface area contributed by atoms with Crippen molar-refractivity contribution in [3.63, 3.8) is 0 Å². The molecule has 0 radical (unpaired) electrons. The summed E-state index contributed by atoms with van der Waals surface area (Å²) in [5, 5.41) is 3.29. The number of amides is 1. The maximum atomic E-state index is 12.3. The minimum Gasteiger partial charge on any atom is -0.379 e. The van der Waals surface area contributed by atoms with E-state index in [1.807, 2.05) is 18.3 Å². The molecule has 1 amide bonds. The Bertz CT molecular complexity index is 532. The molecule has 5 nitrogen and oxygen atoms in total. The highest BCUT2D eigenvalue weighted by Gasteiger charge is 2.46. The normalized spacial score (nSPS) is 31.7. The fourth-order valence-corrected chi connectivity index (χ4v) is 3.85. The lowest BCUT2D eigenvalue weighted by Gasteiger charge is -2.27. The molecule has 1 N–H and O–H groups in total. The minimum atomic E-state index is 0.226. The van der Waals surface area contributed by atoms with Crippen LogP contribution in [0.3, 0.4) is 0 Å². The lowest BCUT2D eigenvalue weighted by atomic mass is 9.84. The smallest absolute Gasteiger partial charge is 0.223 e. The Morgan fingerprint density at radius 1 is 1.36 bits per heavy atom. The predicted molar refractivity (Wildman–Crippen MR) is 82.0 cm³/mol. The van der Waals surface area contributed by atoms with Gasteiger partial charge < -0.3 is 10.1 Å². The van der Waals surface area contributed by atoms with Gasteiger partial charge in [-0.05, 0) is 25.0 Å². The molecular weight excluding hydrogens is 278 g/mol. The van der Waals surface area contributed by atoms with Crippen LogP contribution in [-0.2, 0) is 16.1 Å². The Hall–Kier alpha value is -1.46. The number of pyridine rings is 1. The first-order valence-corrected chi connectivity index (χ1v) is 8.33. The van der Waals surface area contributed by atoms with Gasteiger partial charge in [-0.2, -0.15) is 0 Å². The van der Waals surface area contributed by atoms with Crippen LogP contribution in [0.1, 0.15) is 25.0 Å². The van der Waals surface area contributed by atoms with Crippen molar-refractivity contribution < 1.29 is 9.53 Å². The number of carbonyl (C=O) groups excluding carboxylic acids is 1. The molecular formula is C17H23N3O2. The molecule has 0 unspecified atom stereocenters. The average Bonchev–Trinajstić information content (AvgIpc) is 3.04. The third kappa shape index (κ3) is 2.63. The zero-order valence-electron chi connectivity index (χ0n) is 12.8. The van der Waals surface area contributed by atoms with E-state index < -0.39 is 0 Å². The molecule has 22 heavy (non-hydrogen) atoms. The summed E-state index contributed by atoms with van der Waals surface area (Å²) in [6.07, 6.45) is 5.15. The predicted octanol–water partition coefficient (Wildman–Crippen LogP) is 1.20. The highest BCUT2D eigenvalue weighted by atomic mass is 16.5. The molecule has 3 heterocycles. The largest absolute Gasteiger partial charge is 0.379 e. The van der Waals surface area contributed by atoms with Gasteiger partial charge in [-0.15, -0.1) is 0 Å². The molecule has 5 heteroatoms. The van der Waals surface area contributed by atoms with Crippen LogP contribution in [0.4, 0.5) is 0 Å². The number of aromatic nitrogens is 1. The Labute approximate surface area is 131 Å². The number of carbonyl (C=O) groups is 1. The molecule has 3 aliphatic rings. The standard InChI is InChI=1S/C17H23N3O2/c21-17(12-4-3-5-12)19-15-9-20(16-11-22-10-14(15)16)8-13-6-1-2-7-18-13/h1-2,6-7,12,14-16H,3-5,8-11H2,(H,19,21)/t14-,15-,16-/m1/s1. The highest BCUT2D eigenvalue weighted by molar-refractivity contribution is 5.79. The second-order valence-corrected chi connectivity index (χ2v) is 6.76. The Kier molecular flexibility index (Phi) is 3.84. The molecule has 3 atom stereocenters. The Morgan fingerprint density at radius 3 is 3.00 bits per heavy atom. The summed E-state index contributed by atoms with van der Waals surface area (Å²) >= 11 is 0. The van der Waals surface area contributed by atoms with Gasteiger partial charge in [0.25, 0.3) is 0 Å². The zero-order valence-corrected chi connectivity index (χ0v) is 12.8. The van der Waals surface area contributed by atoms with Gasteiger partial charge in [0.1, 0.15) is 0 Å². The third-order valence-corrected chi connectivity index (χ3v) is 5.41. The van der Waals surface area contributed by atoms with Crippen LogP contribution in [0, 0.1) is 11.8 Å². The summed E-state index contributed by atoms with van der Waals surface area (Å²) in [5.41, 5.74) is 1.08. The maximum Gasteiger partial charge on any atom is 0.223 e. The van der Waals surface area contributed by atoms with Gasteiger partial charge >= 0.3 is 0 Å². The molecule has 2 saturated heterocycles. The van der Waals surface area contributed by atoms with Crippen molar-refractivity contribution in [2.24, 2.45) is 11.8 Å². The van der Waals surface area contributed by atoms with Crippen LogP contribution in [0.15, 0.2) is 24.4 Å². The van der Waals surface area contributed by atoms with Crippen LogP contribution in [0.5, 0.6) is 0 Å². The van der Waals surface area contributed by atoms with E-state index >= 15 is 0 Å². The lowest BCUT2D eigenvalue weighted by molar-refractivity contribution is -0.128. The van der Waals surface area contributed by atoms with Crippen molar-refractivity contribution in [2.45, 2.75) is 37.9 Å². The average molecular weight is 301 g/mol. The number of hydrogen-bond acceptors (Lipinski definition) is 4. The van der Waals surface area contributed by atoms with E-state index in [0.29, 0.717) is 12.0 Å². The van der Waals surface area contributed by atoms with Crippen LogP contribution in [0.25, 0.3) is 0 Å². The number of nitrogens with zero attached hydrogens (tertiary/aromatic N) is 2. The van der Waals surface area contributed by atoms with Crippen molar-refractivity contribution in [2.75, 3.05) is 19.8 Å². The zero-order chi connectivity index (χ0) is 14.9. The number of fused-ring (bicyclic) bond motifs is 1. The van der Waals surface area contributed by atoms with E-state index in [9.17, 15) is 4.79 Å². The van der Waals surface area contributed by atoms with E-state index in [1.54, 1.807) is 0 Å². The molecule has 1 aliphatic carbocycles. The SMILES string of the molecule is O=C(N[C@@H]1CN(Cc2ccccn2)[C@@H]2COC[C@@H]21)C1CCC1. The quantitative estimate of drug-likeness (QED) is 0.908. The lowest BCUT2D eigenvalue weighted by Crippen LogP contribution is -2.45. The first kappa shape index (κ1) is 14.2. The van der Waals surface area contributed by atoms with Gasteiger partial charge in [-0.3, -0.25) is 14.7 Å². The van der Waals surface area contributed by atoms with E-state index in [1.165, 1.54) is 6.42 Å². The summed E-state index contributed by atoms with van der Waals surface area (Å²) in [4.78, 5) is 19.1. The molecule has 0 bridgehead atoms. The molecule has 1 aromatic heterocycles. The van der Waals surface area contributed by atoms with E-state index in [2.05, 4.69) is 21.3 Å². The number of hydrogen-bond donors (Lipinski definition) is 1. The van der Waals surface area contributed by atoms with E-state index in [4.69, 9.17) is 4.74 Å². The maximum absolute atomic E-state index is 12.3. The van der Waals surface area contributed by atoms with Crippen molar-refractivity contribution in [1.29, 1.82) is 0 Å². The van der Waals surface area contributed by atoms with Gasteiger partial charge in [-0.25, -0.2) is 0 Å². The fraction of sp³-hybridized carbons (Fsp3) is 0.647. The molecule has 2 aliphatic heterocycles. The third-order valence-electron chi connectivity index (χ3n) is 5.41. The Morgan fingerprint density at radius 2 is 2.27 bits per heavy atom. The van der Waals surface area contributed by atoms with E-state index in [0.717, 1.165) is 44.8 Å². The van der Waals surface area contributed by atoms with Crippen molar-refractivity contribution in [1.82, 2.24) is 15.2 Å². The van der Waals surface area contributed by atoms with Crippen molar-refractivity contribution in [3.05, 3.63) is 30.1 Å². The molecule has 1 saturated carbocycles. The number of rotatable bonds is 4. The monoisotopic (exact) mass is 301 g/mol. The van der Waals surface area contributed by atoms with Gasteiger partial charge in [0.05, 0.1) is 18.9 Å². The second-order valence-electron chi connectivity index (χ2n) is 6.76.